The molecule has 0 aromatic heterocycles. The van der Waals surface area contributed by atoms with E-state index in [4.69, 9.17) is 0 Å². The third-order valence-electron chi connectivity index (χ3n) is 4.53. The van der Waals surface area contributed by atoms with E-state index in [9.17, 15) is 13.2 Å². The molecule has 1 aromatic carbocycles. The molecular formula is C17H26N2O3S. The van der Waals surface area contributed by atoms with E-state index < -0.39 is 10.0 Å². The van der Waals surface area contributed by atoms with Crippen molar-refractivity contribution >= 4 is 15.9 Å². The van der Waals surface area contributed by atoms with Crippen LogP contribution in [-0.2, 0) is 10.0 Å². The van der Waals surface area contributed by atoms with Crippen LogP contribution >= 0.6 is 0 Å². The van der Waals surface area contributed by atoms with Crippen LogP contribution in [0.5, 0.6) is 0 Å². The molecule has 1 aliphatic heterocycles. The Morgan fingerprint density at radius 1 is 1.13 bits per heavy atom. The van der Waals surface area contributed by atoms with Crippen LogP contribution in [0.4, 0.5) is 0 Å². The predicted molar refractivity (Wildman–Crippen MR) is 90.9 cm³/mol. The highest BCUT2D eigenvalue weighted by Crippen LogP contribution is 2.23. The first-order valence-electron chi connectivity index (χ1n) is 8.29. The minimum Gasteiger partial charge on any atom is -0.339 e. The minimum absolute atomic E-state index is 0.0641. The number of hydrogen-bond donors (Lipinski definition) is 0. The monoisotopic (exact) mass is 338 g/mol. The van der Waals surface area contributed by atoms with Crippen LogP contribution in [0.25, 0.3) is 0 Å². The second kappa shape index (κ2) is 7.45. The number of rotatable bonds is 5. The molecule has 6 heteroatoms. The fourth-order valence-corrected chi connectivity index (χ4v) is 4.31. The van der Waals surface area contributed by atoms with Gasteiger partial charge < -0.3 is 4.90 Å². The van der Waals surface area contributed by atoms with Gasteiger partial charge in [-0.1, -0.05) is 6.92 Å². The van der Waals surface area contributed by atoms with Gasteiger partial charge in [-0.3, -0.25) is 4.79 Å². The summed E-state index contributed by atoms with van der Waals surface area (Å²) in [6.45, 7) is 8.43. The van der Waals surface area contributed by atoms with Crippen molar-refractivity contribution in [3.63, 3.8) is 0 Å². The van der Waals surface area contributed by atoms with Gasteiger partial charge in [0.1, 0.15) is 0 Å². The first kappa shape index (κ1) is 17.9. The molecule has 1 aliphatic rings. The lowest BCUT2D eigenvalue weighted by molar-refractivity contribution is 0.0773. The van der Waals surface area contributed by atoms with E-state index in [-0.39, 0.29) is 10.8 Å². The predicted octanol–water partition coefficient (Wildman–Crippen LogP) is 2.59. The average Bonchev–Trinajstić information content (AvgIpc) is 2.56. The summed E-state index contributed by atoms with van der Waals surface area (Å²) in [4.78, 5) is 14.3. The van der Waals surface area contributed by atoms with Crippen molar-refractivity contribution in [1.29, 1.82) is 0 Å². The Labute approximate surface area is 139 Å². The number of hydrogen-bond acceptors (Lipinski definition) is 3. The van der Waals surface area contributed by atoms with Crippen LogP contribution in [0, 0.1) is 5.92 Å². The van der Waals surface area contributed by atoms with Crippen LogP contribution in [0.15, 0.2) is 29.2 Å². The summed E-state index contributed by atoms with van der Waals surface area (Å²) in [5.74, 6) is 0.515. The van der Waals surface area contributed by atoms with E-state index in [1.165, 1.54) is 0 Å². The van der Waals surface area contributed by atoms with Crippen molar-refractivity contribution in [2.75, 3.05) is 26.2 Å². The van der Waals surface area contributed by atoms with Crippen molar-refractivity contribution in [2.45, 2.75) is 38.5 Å². The summed E-state index contributed by atoms with van der Waals surface area (Å²) in [5, 5.41) is 0. The van der Waals surface area contributed by atoms with Gasteiger partial charge in [0, 0.05) is 31.7 Å². The lowest BCUT2D eigenvalue weighted by Crippen LogP contribution is -2.37. The molecule has 1 saturated heterocycles. The second-order valence-corrected chi connectivity index (χ2v) is 8.03. The summed E-state index contributed by atoms with van der Waals surface area (Å²) in [6, 6.07) is 6.31. The molecule has 0 atom stereocenters. The van der Waals surface area contributed by atoms with Gasteiger partial charge in [-0.2, -0.15) is 4.31 Å². The molecule has 0 bridgehead atoms. The topological polar surface area (TPSA) is 57.7 Å². The zero-order valence-corrected chi connectivity index (χ0v) is 15.0. The first-order valence-corrected chi connectivity index (χ1v) is 9.73. The number of carbonyl (C=O) groups excluding carboxylic acids is 1. The van der Waals surface area contributed by atoms with Gasteiger partial charge in [-0.25, -0.2) is 8.42 Å². The van der Waals surface area contributed by atoms with E-state index >= 15 is 0 Å². The van der Waals surface area contributed by atoms with Crippen LogP contribution < -0.4 is 0 Å². The van der Waals surface area contributed by atoms with Gasteiger partial charge in [0.2, 0.25) is 10.0 Å². The largest absolute Gasteiger partial charge is 0.339 e. The lowest BCUT2D eigenvalue weighted by atomic mass is 10.0. The van der Waals surface area contributed by atoms with Crippen molar-refractivity contribution < 1.29 is 13.2 Å². The molecule has 1 amide bonds. The first-order chi connectivity index (χ1) is 10.9. The fourth-order valence-electron chi connectivity index (χ4n) is 2.84. The highest BCUT2D eigenvalue weighted by Gasteiger charge is 2.28. The molecule has 0 saturated carbocycles. The summed E-state index contributed by atoms with van der Waals surface area (Å²) < 4.78 is 26.9. The van der Waals surface area contributed by atoms with Crippen LogP contribution in [0.1, 0.15) is 44.0 Å². The molecule has 2 rings (SSSR count). The van der Waals surface area contributed by atoms with Crippen LogP contribution in [0.2, 0.25) is 0 Å². The molecule has 0 spiro atoms. The SMILES string of the molecule is CCN(CC)C(=O)c1ccc(S(=O)(=O)N2CCC(C)CC2)cc1. The molecule has 1 fully saturated rings. The molecule has 0 radical (unpaired) electrons. The van der Waals surface area contributed by atoms with Crippen molar-refractivity contribution in [3.05, 3.63) is 29.8 Å². The molecule has 1 aromatic rings. The molecule has 0 aliphatic carbocycles. The maximum atomic E-state index is 12.7. The molecule has 0 unspecified atom stereocenters. The van der Waals surface area contributed by atoms with E-state index in [2.05, 4.69) is 6.92 Å². The number of amides is 1. The molecular weight excluding hydrogens is 312 g/mol. The smallest absolute Gasteiger partial charge is 0.253 e. The Morgan fingerprint density at radius 2 is 1.65 bits per heavy atom. The van der Waals surface area contributed by atoms with Crippen molar-refractivity contribution in [2.24, 2.45) is 5.92 Å². The Bertz CT molecular complexity index is 628. The maximum absolute atomic E-state index is 12.7. The zero-order chi connectivity index (χ0) is 17.0. The average molecular weight is 338 g/mol. The zero-order valence-electron chi connectivity index (χ0n) is 14.2. The number of benzene rings is 1. The van der Waals surface area contributed by atoms with Crippen LogP contribution in [0.3, 0.4) is 0 Å². The van der Waals surface area contributed by atoms with Gasteiger partial charge in [-0.05, 0) is 56.9 Å². The lowest BCUT2D eigenvalue weighted by Gasteiger charge is -2.29. The maximum Gasteiger partial charge on any atom is 0.253 e. The third kappa shape index (κ3) is 3.93. The Kier molecular flexibility index (Phi) is 5.81. The van der Waals surface area contributed by atoms with E-state index in [1.54, 1.807) is 33.5 Å². The van der Waals surface area contributed by atoms with Crippen LogP contribution in [-0.4, -0.2) is 49.7 Å². The molecule has 128 valence electrons. The number of piperidine rings is 1. The van der Waals surface area contributed by atoms with Crippen molar-refractivity contribution in [1.82, 2.24) is 9.21 Å². The van der Waals surface area contributed by atoms with E-state index in [0.29, 0.717) is 37.7 Å². The van der Waals surface area contributed by atoms with E-state index in [0.717, 1.165) is 12.8 Å². The Morgan fingerprint density at radius 3 is 2.13 bits per heavy atom. The number of carbonyl (C=O) groups is 1. The van der Waals surface area contributed by atoms with Gasteiger partial charge in [0.15, 0.2) is 0 Å². The van der Waals surface area contributed by atoms with Gasteiger partial charge in [0.25, 0.3) is 5.91 Å². The summed E-state index contributed by atoms with van der Waals surface area (Å²) in [5.41, 5.74) is 0.528. The minimum atomic E-state index is -3.45. The normalized spacial score (nSPS) is 17.2. The van der Waals surface area contributed by atoms with Gasteiger partial charge in [0.05, 0.1) is 4.90 Å². The van der Waals surface area contributed by atoms with Gasteiger partial charge >= 0.3 is 0 Å². The second-order valence-electron chi connectivity index (χ2n) is 6.09. The van der Waals surface area contributed by atoms with Crippen molar-refractivity contribution in [3.8, 4) is 0 Å². The number of sulfonamides is 1. The van der Waals surface area contributed by atoms with E-state index in [1.807, 2.05) is 13.8 Å². The standard InChI is InChI=1S/C17H26N2O3S/c1-4-18(5-2)17(20)15-6-8-16(9-7-15)23(21,22)19-12-10-14(3)11-13-19/h6-9,14H,4-5,10-13H2,1-3H3. The summed E-state index contributed by atoms with van der Waals surface area (Å²) >= 11 is 0. The highest BCUT2D eigenvalue weighted by molar-refractivity contribution is 7.89. The van der Waals surface area contributed by atoms with Gasteiger partial charge in [-0.15, -0.1) is 0 Å². The quantitative estimate of drug-likeness (QED) is 0.829. The Balaban J connectivity index is 2.17. The molecule has 5 nitrogen and oxygen atoms in total. The molecule has 23 heavy (non-hydrogen) atoms. The Hall–Kier alpha value is -1.40. The third-order valence-corrected chi connectivity index (χ3v) is 6.45. The summed E-state index contributed by atoms with van der Waals surface area (Å²) in [7, 11) is -3.45. The fraction of sp³-hybridized carbons (Fsp3) is 0.588. The molecule has 1 heterocycles. The summed E-state index contributed by atoms with van der Waals surface area (Å²) in [6.07, 6.45) is 1.80. The number of nitrogens with zero attached hydrogens (tertiary/aromatic N) is 2. The molecule has 0 N–H and O–H groups in total. The highest BCUT2D eigenvalue weighted by atomic mass is 32.2.